The van der Waals surface area contributed by atoms with Crippen LogP contribution in [0, 0.1) is 20.2 Å². The van der Waals surface area contributed by atoms with Crippen LogP contribution in [0.4, 0.5) is 16.5 Å². The lowest BCUT2D eigenvalue weighted by Crippen LogP contribution is -2.11. The number of nitrogens with zero attached hydrogens (tertiary/aromatic N) is 3. The summed E-state index contributed by atoms with van der Waals surface area (Å²) in [5.41, 5.74) is 0.953. The fourth-order valence-electron chi connectivity index (χ4n) is 2.72. The Balaban J connectivity index is 1.49. The summed E-state index contributed by atoms with van der Waals surface area (Å²) in [7, 11) is 0. The van der Waals surface area contributed by atoms with E-state index in [-0.39, 0.29) is 17.3 Å². The van der Waals surface area contributed by atoms with Crippen LogP contribution in [-0.2, 0) is 0 Å². The lowest BCUT2D eigenvalue weighted by molar-refractivity contribution is -0.385. The Labute approximate surface area is 183 Å². The first-order valence-electron chi connectivity index (χ1n) is 8.78. The molecule has 1 aromatic heterocycles. The normalized spacial score (nSPS) is 10.7. The van der Waals surface area contributed by atoms with Gasteiger partial charge in [-0.2, -0.15) is 0 Å². The molecule has 0 bridgehead atoms. The Bertz CT molecular complexity index is 1320. The number of nitro benzene ring substituents is 2. The summed E-state index contributed by atoms with van der Waals surface area (Å²) in [5.74, 6) is -0.361. The van der Waals surface area contributed by atoms with Gasteiger partial charge in [0.25, 0.3) is 17.3 Å². The molecule has 0 unspecified atom stereocenters. The number of carbonyl (C=O) groups is 1. The third kappa shape index (κ3) is 4.68. The van der Waals surface area contributed by atoms with Gasteiger partial charge in [0.05, 0.1) is 20.1 Å². The van der Waals surface area contributed by atoms with Crippen LogP contribution in [0.25, 0.3) is 10.2 Å². The third-order valence-electron chi connectivity index (χ3n) is 4.18. The number of aromatic nitrogens is 1. The summed E-state index contributed by atoms with van der Waals surface area (Å²) < 4.78 is 0.604. The monoisotopic (exact) mass is 452 g/mol. The van der Waals surface area contributed by atoms with Crippen LogP contribution in [0.5, 0.6) is 0 Å². The molecule has 0 atom stereocenters. The van der Waals surface area contributed by atoms with Crippen molar-refractivity contribution in [2.24, 2.45) is 0 Å². The number of non-ortho nitro benzene ring substituents is 2. The van der Waals surface area contributed by atoms with E-state index in [1.54, 1.807) is 36.4 Å². The molecule has 0 aliphatic heterocycles. The number of carbonyl (C=O) groups excluding carboxylic acids is 1. The van der Waals surface area contributed by atoms with Crippen molar-refractivity contribution in [2.75, 3.05) is 5.32 Å². The highest BCUT2D eigenvalue weighted by Gasteiger charge is 2.14. The van der Waals surface area contributed by atoms with Crippen LogP contribution in [0.1, 0.15) is 10.4 Å². The van der Waals surface area contributed by atoms with Crippen molar-refractivity contribution in [1.29, 1.82) is 0 Å². The molecule has 1 N–H and O–H groups in total. The molecule has 0 spiro atoms. The number of benzene rings is 3. The van der Waals surface area contributed by atoms with Crippen molar-refractivity contribution >= 4 is 55.7 Å². The minimum Gasteiger partial charge on any atom is -0.298 e. The lowest BCUT2D eigenvalue weighted by atomic mass is 10.2. The van der Waals surface area contributed by atoms with Crippen molar-refractivity contribution in [2.45, 2.75) is 9.79 Å². The average Bonchev–Trinajstić information content (AvgIpc) is 3.15. The van der Waals surface area contributed by atoms with Gasteiger partial charge in [-0.1, -0.05) is 29.2 Å². The number of amides is 1. The number of thiazole rings is 1. The van der Waals surface area contributed by atoms with E-state index in [4.69, 9.17) is 0 Å². The van der Waals surface area contributed by atoms with Crippen LogP contribution < -0.4 is 5.32 Å². The molecular formula is C20H12N4O5S2. The number of anilines is 1. The van der Waals surface area contributed by atoms with E-state index in [0.717, 1.165) is 21.1 Å². The van der Waals surface area contributed by atoms with Gasteiger partial charge >= 0.3 is 0 Å². The number of rotatable bonds is 6. The standard InChI is InChI=1S/C20H12N4O5S2/c25-19(22-20-21-17-9-6-14(24(28)29)11-18(17)31-20)12-2-1-3-16(10-12)30-15-7-4-13(5-8-15)23(26)27/h1-11H,(H,21,22,25). The van der Waals surface area contributed by atoms with Gasteiger partial charge in [-0.05, 0) is 36.4 Å². The fraction of sp³-hybridized carbons (Fsp3) is 0. The molecule has 0 radical (unpaired) electrons. The molecule has 1 amide bonds. The molecule has 0 saturated heterocycles. The molecule has 0 aliphatic carbocycles. The van der Waals surface area contributed by atoms with E-state index in [1.165, 1.54) is 36.0 Å². The summed E-state index contributed by atoms with van der Waals surface area (Å²) in [6.07, 6.45) is 0. The molecule has 4 rings (SSSR count). The summed E-state index contributed by atoms with van der Waals surface area (Å²) in [6.45, 7) is 0. The van der Waals surface area contributed by atoms with E-state index >= 15 is 0 Å². The second-order valence-corrected chi connectivity index (χ2v) is 8.44. The van der Waals surface area contributed by atoms with Gasteiger partial charge < -0.3 is 0 Å². The first-order valence-corrected chi connectivity index (χ1v) is 10.4. The smallest absolute Gasteiger partial charge is 0.270 e. The van der Waals surface area contributed by atoms with Gasteiger partial charge in [-0.15, -0.1) is 0 Å². The summed E-state index contributed by atoms with van der Waals surface area (Å²) in [4.78, 5) is 39.3. The van der Waals surface area contributed by atoms with Crippen LogP contribution in [0.2, 0.25) is 0 Å². The van der Waals surface area contributed by atoms with Gasteiger partial charge in [0.2, 0.25) is 0 Å². The van der Waals surface area contributed by atoms with Gasteiger partial charge in [0.1, 0.15) is 0 Å². The highest BCUT2D eigenvalue weighted by molar-refractivity contribution is 7.99. The molecule has 31 heavy (non-hydrogen) atoms. The number of hydrogen-bond acceptors (Lipinski definition) is 8. The Hall–Kier alpha value is -3.83. The zero-order chi connectivity index (χ0) is 22.0. The Morgan fingerprint density at radius 2 is 1.61 bits per heavy atom. The maximum Gasteiger partial charge on any atom is 0.270 e. The van der Waals surface area contributed by atoms with E-state index < -0.39 is 9.85 Å². The van der Waals surface area contributed by atoms with Crippen molar-refractivity contribution < 1.29 is 14.6 Å². The second kappa shape index (κ2) is 8.50. The van der Waals surface area contributed by atoms with Crippen molar-refractivity contribution in [3.8, 4) is 0 Å². The summed E-state index contributed by atoms with van der Waals surface area (Å²) in [6, 6.07) is 17.4. The van der Waals surface area contributed by atoms with Crippen LogP contribution >= 0.6 is 23.1 Å². The van der Waals surface area contributed by atoms with Crippen molar-refractivity contribution in [1.82, 2.24) is 4.98 Å². The predicted octanol–water partition coefficient (Wildman–Crippen LogP) is 5.52. The fourth-order valence-corrected chi connectivity index (χ4v) is 4.49. The zero-order valence-electron chi connectivity index (χ0n) is 15.6. The summed E-state index contributed by atoms with van der Waals surface area (Å²) >= 11 is 2.53. The van der Waals surface area contributed by atoms with Crippen molar-refractivity contribution in [3.63, 3.8) is 0 Å². The molecule has 1 heterocycles. The second-order valence-electron chi connectivity index (χ2n) is 6.26. The van der Waals surface area contributed by atoms with Crippen LogP contribution in [0.15, 0.2) is 76.5 Å². The van der Waals surface area contributed by atoms with Gasteiger partial charge in [0, 0.05) is 39.6 Å². The van der Waals surface area contributed by atoms with E-state index in [0.29, 0.717) is 20.9 Å². The zero-order valence-corrected chi connectivity index (χ0v) is 17.2. The highest BCUT2D eigenvalue weighted by Crippen LogP contribution is 2.31. The molecule has 9 nitrogen and oxygen atoms in total. The van der Waals surface area contributed by atoms with Gasteiger partial charge in [-0.3, -0.25) is 30.3 Å². The molecule has 3 aromatic carbocycles. The van der Waals surface area contributed by atoms with Crippen molar-refractivity contribution in [3.05, 3.63) is 92.5 Å². The van der Waals surface area contributed by atoms with Gasteiger partial charge in [-0.25, -0.2) is 4.98 Å². The van der Waals surface area contributed by atoms with E-state index in [9.17, 15) is 25.0 Å². The highest BCUT2D eigenvalue weighted by atomic mass is 32.2. The SMILES string of the molecule is O=C(Nc1nc2ccc([N+](=O)[O-])cc2s1)c1cccc(Sc2ccc([N+](=O)[O-])cc2)c1. The minimum atomic E-state index is -0.481. The third-order valence-corrected chi connectivity index (χ3v) is 6.11. The van der Waals surface area contributed by atoms with E-state index in [1.807, 2.05) is 6.07 Å². The first-order chi connectivity index (χ1) is 14.9. The minimum absolute atomic E-state index is 0.0126. The Kier molecular flexibility index (Phi) is 5.60. The maximum absolute atomic E-state index is 12.7. The number of fused-ring (bicyclic) bond motifs is 1. The topological polar surface area (TPSA) is 128 Å². The molecule has 0 saturated carbocycles. The molecular weight excluding hydrogens is 440 g/mol. The number of hydrogen-bond donors (Lipinski definition) is 1. The molecule has 11 heteroatoms. The summed E-state index contributed by atoms with van der Waals surface area (Å²) in [5, 5.41) is 24.7. The maximum atomic E-state index is 12.7. The average molecular weight is 452 g/mol. The van der Waals surface area contributed by atoms with Crippen LogP contribution in [0.3, 0.4) is 0 Å². The van der Waals surface area contributed by atoms with E-state index in [2.05, 4.69) is 10.3 Å². The Morgan fingerprint density at radius 3 is 2.32 bits per heavy atom. The van der Waals surface area contributed by atoms with Crippen LogP contribution in [-0.4, -0.2) is 20.7 Å². The molecule has 4 aromatic rings. The quantitative estimate of drug-likeness (QED) is 0.301. The predicted molar refractivity (Wildman–Crippen MR) is 118 cm³/mol. The molecule has 0 aliphatic rings. The molecule has 154 valence electrons. The first kappa shape index (κ1) is 20.4. The van der Waals surface area contributed by atoms with Gasteiger partial charge in [0.15, 0.2) is 5.13 Å². The lowest BCUT2D eigenvalue weighted by Gasteiger charge is -2.05. The molecule has 0 fully saturated rings. The largest absolute Gasteiger partial charge is 0.298 e. The Morgan fingerprint density at radius 1 is 0.903 bits per heavy atom. The number of nitro groups is 2. The number of nitrogens with one attached hydrogen (secondary N) is 1.